The van der Waals surface area contributed by atoms with E-state index in [2.05, 4.69) is 15.5 Å². The number of rotatable bonds is 5. The molecule has 1 heterocycles. The zero-order chi connectivity index (χ0) is 13.9. The van der Waals surface area contributed by atoms with Crippen molar-refractivity contribution in [3.05, 3.63) is 17.0 Å². The number of carboxylic acid groups (broad SMARTS) is 1. The second-order valence-corrected chi connectivity index (χ2v) is 5.06. The van der Waals surface area contributed by atoms with Crippen LogP contribution in [0.2, 0.25) is 0 Å². The quantitative estimate of drug-likeness (QED) is 0.723. The molecule has 1 aromatic rings. The molecule has 0 unspecified atom stereocenters. The fourth-order valence-electron chi connectivity index (χ4n) is 1.45. The number of aromatic amines is 1. The second-order valence-electron chi connectivity index (χ2n) is 5.06. The number of aromatic nitrogens is 2. The smallest absolute Gasteiger partial charge is 0.310 e. The van der Waals surface area contributed by atoms with Crippen LogP contribution in [-0.4, -0.2) is 33.7 Å². The molecule has 1 amide bonds. The molecule has 0 aliphatic rings. The number of H-pyrrole nitrogens is 1. The average molecular weight is 253 g/mol. The zero-order valence-electron chi connectivity index (χ0n) is 11.1. The molecule has 3 N–H and O–H groups in total. The van der Waals surface area contributed by atoms with Crippen LogP contribution >= 0.6 is 0 Å². The Kier molecular flexibility index (Phi) is 4.11. The van der Waals surface area contributed by atoms with Crippen LogP contribution in [0.5, 0.6) is 0 Å². The highest BCUT2D eigenvalue weighted by atomic mass is 16.4. The minimum atomic E-state index is -0.962. The standard InChI is InChI=1S/C12H19N3O3/c1-7-9(8(2)15-14-7)5-10(16)13-6-12(3,4)11(17)18/h5-6H2,1-4H3,(H,13,16)(H,14,15)(H,17,18). The van der Waals surface area contributed by atoms with E-state index in [0.717, 1.165) is 17.0 Å². The van der Waals surface area contributed by atoms with Gasteiger partial charge in [-0.15, -0.1) is 0 Å². The fourth-order valence-corrected chi connectivity index (χ4v) is 1.45. The molecule has 6 nitrogen and oxygen atoms in total. The summed E-state index contributed by atoms with van der Waals surface area (Å²) in [7, 11) is 0. The summed E-state index contributed by atoms with van der Waals surface area (Å²) >= 11 is 0. The highest BCUT2D eigenvalue weighted by Crippen LogP contribution is 2.14. The maximum absolute atomic E-state index is 11.7. The van der Waals surface area contributed by atoms with E-state index in [-0.39, 0.29) is 18.9 Å². The van der Waals surface area contributed by atoms with Crippen molar-refractivity contribution in [2.45, 2.75) is 34.1 Å². The third kappa shape index (κ3) is 3.32. The summed E-state index contributed by atoms with van der Waals surface area (Å²) in [6.07, 6.45) is 0.212. The van der Waals surface area contributed by atoms with Gasteiger partial charge in [-0.25, -0.2) is 0 Å². The molecule has 0 fully saturated rings. The van der Waals surface area contributed by atoms with Crippen molar-refractivity contribution in [1.82, 2.24) is 15.5 Å². The Morgan fingerprint density at radius 2 is 2.00 bits per heavy atom. The van der Waals surface area contributed by atoms with E-state index in [0.29, 0.717) is 0 Å². The topological polar surface area (TPSA) is 95.1 Å². The Morgan fingerprint density at radius 1 is 1.39 bits per heavy atom. The number of amides is 1. The number of aliphatic carboxylic acids is 1. The first kappa shape index (κ1) is 14.2. The van der Waals surface area contributed by atoms with Crippen LogP contribution in [0.3, 0.4) is 0 Å². The number of carbonyl (C=O) groups is 2. The van der Waals surface area contributed by atoms with Crippen LogP contribution in [-0.2, 0) is 16.0 Å². The van der Waals surface area contributed by atoms with Crippen molar-refractivity contribution in [2.75, 3.05) is 6.54 Å². The lowest BCUT2D eigenvalue weighted by Crippen LogP contribution is -2.39. The van der Waals surface area contributed by atoms with E-state index in [1.807, 2.05) is 13.8 Å². The molecule has 1 aromatic heterocycles. The maximum atomic E-state index is 11.7. The highest BCUT2D eigenvalue weighted by molar-refractivity contribution is 5.80. The number of hydrogen-bond donors (Lipinski definition) is 3. The summed E-state index contributed by atoms with van der Waals surface area (Å²) in [5.41, 5.74) is 1.55. The molecule has 1 rings (SSSR count). The van der Waals surface area contributed by atoms with Crippen molar-refractivity contribution >= 4 is 11.9 Å². The molecular weight excluding hydrogens is 234 g/mol. The van der Waals surface area contributed by atoms with Gasteiger partial charge in [-0.2, -0.15) is 5.10 Å². The first-order chi connectivity index (χ1) is 8.24. The lowest BCUT2D eigenvalue weighted by atomic mass is 9.94. The number of aryl methyl sites for hydroxylation is 2. The molecule has 18 heavy (non-hydrogen) atoms. The summed E-state index contributed by atoms with van der Waals surface area (Å²) in [6, 6.07) is 0. The molecule has 0 radical (unpaired) electrons. The fraction of sp³-hybridized carbons (Fsp3) is 0.583. The molecule has 0 bridgehead atoms. The van der Waals surface area contributed by atoms with Gasteiger partial charge in [0.1, 0.15) is 0 Å². The van der Waals surface area contributed by atoms with Crippen LogP contribution in [0.15, 0.2) is 0 Å². The van der Waals surface area contributed by atoms with E-state index in [9.17, 15) is 9.59 Å². The number of carboxylic acids is 1. The predicted octanol–water partition coefficient (Wildman–Crippen LogP) is 0.796. The van der Waals surface area contributed by atoms with Gasteiger partial charge in [0.25, 0.3) is 0 Å². The molecule has 100 valence electrons. The second kappa shape index (κ2) is 5.20. The van der Waals surface area contributed by atoms with Gasteiger partial charge < -0.3 is 10.4 Å². The average Bonchev–Trinajstić information content (AvgIpc) is 2.58. The Bertz CT molecular complexity index is 444. The summed E-state index contributed by atoms with van der Waals surface area (Å²) in [6.45, 7) is 6.93. The van der Waals surface area contributed by atoms with Gasteiger partial charge in [-0.3, -0.25) is 14.7 Å². The van der Waals surface area contributed by atoms with E-state index in [1.165, 1.54) is 0 Å². The first-order valence-electron chi connectivity index (χ1n) is 5.74. The predicted molar refractivity (Wildman–Crippen MR) is 66.2 cm³/mol. The lowest BCUT2D eigenvalue weighted by molar-refractivity contribution is -0.146. The Balaban J connectivity index is 2.56. The molecule has 0 aliphatic heterocycles. The van der Waals surface area contributed by atoms with E-state index in [4.69, 9.17) is 5.11 Å². The van der Waals surface area contributed by atoms with Crippen LogP contribution in [0.1, 0.15) is 30.8 Å². The molecule has 6 heteroatoms. The summed E-state index contributed by atoms with van der Waals surface area (Å²) in [4.78, 5) is 22.6. The van der Waals surface area contributed by atoms with Crippen LogP contribution in [0.4, 0.5) is 0 Å². The van der Waals surface area contributed by atoms with E-state index in [1.54, 1.807) is 13.8 Å². The molecular formula is C12H19N3O3. The van der Waals surface area contributed by atoms with E-state index < -0.39 is 11.4 Å². The maximum Gasteiger partial charge on any atom is 0.310 e. The van der Waals surface area contributed by atoms with Gasteiger partial charge in [0.05, 0.1) is 17.5 Å². The summed E-state index contributed by atoms with van der Waals surface area (Å²) in [5, 5.41) is 18.4. The van der Waals surface area contributed by atoms with Crippen LogP contribution in [0, 0.1) is 19.3 Å². The number of hydrogen-bond acceptors (Lipinski definition) is 3. The third-order valence-corrected chi connectivity index (χ3v) is 2.92. The minimum absolute atomic E-state index is 0.108. The van der Waals surface area contributed by atoms with Gasteiger partial charge >= 0.3 is 5.97 Å². The van der Waals surface area contributed by atoms with Gasteiger partial charge in [-0.05, 0) is 27.7 Å². The van der Waals surface area contributed by atoms with Gasteiger partial charge in [-0.1, -0.05) is 0 Å². The molecule has 0 aliphatic carbocycles. The third-order valence-electron chi connectivity index (χ3n) is 2.92. The monoisotopic (exact) mass is 253 g/mol. The molecule has 0 saturated carbocycles. The number of nitrogens with zero attached hydrogens (tertiary/aromatic N) is 1. The Labute approximate surface area is 106 Å². The van der Waals surface area contributed by atoms with E-state index >= 15 is 0 Å². The minimum Gasteiger partial charge on any atom is -0.481 e. The Hall–Kier alpha value is -1.85. The largest absolute Gasteiger partial charge is 0.481 e. The first-order valence-corrected chi connectivity index (χ1v) is 5.74. The lowest BCUT2D eigenvalue weighted by Gasteiger charge is -2.19. The molecule has 0 spiro atoms. The summed E-state index contributed by atoms with van der Waals surface area (Å²) < 4.78 is 0. The SMILES string of the molecule is Cc1n[nH]c(C)c1CC(=O)NCC(C)(C)C(=O)O. The number of carbonyl (C=O) groups excluding carboxylic acids is 1. The highest BCUT2D eigenvalue weighted by Gasteiger charge is 2.27. The molecule has 0 saturated heterocycles. The zero-order valence-corrected chi connectivity index (χ0v) is 11.1. The number of nitrogens with one attached hydrogen (secondary N) is 2. The van der Waals surface area contributed by atoms with Crippen molar-refractivity contribution in [1.29, 1.82) is 0 Å². The van der Waals surface area contributed by atoms with Crippen molar-refractivity contribution in [2.24, 2.45) is 5.41 Å². The van der Waals surface area contributed by atoms with Gasteiger partial charge in [0.15, 0.2) is 0 Å². The normalized spacial score (nSPS) is 11.3. The Morgan fingerprint density at radius 3 is 2.44 bits per heavy atom. The van der Waals surface area contributed by atoms with Crippen molar-refractivity contribution < 1.29 is 14.7 Å². The van der Waals surface area contributed by atoms with Crippen LogP contribution < -0.4 is 5.32 Å². The van der Waals surface area contributed by atoms with Crippen molar-refractivity contribution in [3.8, 4) is 0 Å². The summed E-state index contributed by atoms with van der Waals surface area (Å²) in [5.74, 6) is -1.13. The van der Waals surface area contributed by atoms with Gasteiger partial charge in [0, 0.05) is 17.8 Å². The van der Waals surface area contributed by atoms with Crippen molar-refractivity contribution in [3.63, 3.8) is 0 Å². The molecule has 0 aromatic carbocycles. The van der Waals surface area contributed by atoms with Crippen LogP contribution in [0.25, 0.3) is 0 Å². The van der Waals surface area contributed by atoms with Gasteiger partial charge in [0.2, 0.25) is 5.91 Å². The molecule has 0 atom stereocenters.